The van der Waals surface area contributed by atoms with E-state index in [1.165, 1.54) is 5.01 Å². The maximum atomic E-state index is 12.8. The van der Waals surface area contributed by atoms with Crippen molar-refractivity contribution in [2.24, 2.45) is 10.7 Å². The molecule has 0 fully saturated rings. The third-order valence-electron chi connectivity index (χ3n) is 5.36. The number of hydrogen-bond acceptors (Lipinski definition) is 8. The monoisotopic (exact) mass is 430 g/mol. The van der Waals surface area contributed by atoms with Crippen molar-refractivity contribution in [3.63, 3.8) is 0 Å². The molecule has 0 saturated heterocycles. The summed E-state index contributed by atoms with van der Waals surface area (Å²) in [5.41, 5.74) is 10.2. The molecule has 0 aliphatic carbocycles. The molecule has 0 saturated carbocycles. The molecule has 2 aliphatic heterocycles. The number of aliphatic imine (C=N–C) groups is 1. The van der Waals surface area contributed by atoms with Crippen molar-refractivity contribution in [1.82, 2.24) is 10.4 Å². The first-order valence-electron chi connectivity index (χ1n) is 9.98. The fraction of sp³-hybridized carbons (Fsp3) is 0.130. The van der Waals surface area contributed by atoms with Gasteiger partial charge in [-0.25, -0.2) is 20.0 Å². The number of carbonyl (C=O) groups is 2. The molecule has 3 aromatic rings. The van der Waals surface area contributed by atoms with Crippen LogP contribution in [0.4, 0.5) is 0 Å². The van der Waals surface area contributed by atoms with Gasteiger partial charge in [0.05, 0.1) is 18.2 Å². The molecule has 0 bridgehead atoms. The summed E-state index contributed by atoms with van der Waals surface area (Å²) in [6, 6.07) is 15.4. The van der Waals surface area contributed by atoms with E-state index in [0.29, 0.717) is 16.5 Å². The van der Waals surface area contributed by atoms with Crippen molar-refractivity contribution in [3.05, 3.63) is 93.1 Å². The van der Waals surface area contributed by atoms with Crippen LogP contribution in [-0.4, -0.2) is 29.3 Å². The van der Waals surface area contributed by atoms with E-state index in [4.69, 9.17) is 14.9 Å². The van der Waals surface area contributed by atoms with E-state index in [1.807, 2.05) is 30.3 Å². The number of carbonyl (C=O) groups excluding carboxylic acids is 2. The molecule has 3 heterocycles. The number of nitrogens with two attached hydrogens (primary N) is 1. The summed E-state index contributed by atoms with van der Waals surface area (Å²) < 4.78 is 10.5. The molecule has 0 spiro atoms. The lowest BCUT2D eigenvalue weighted by molar-refractivity contribution is -0.138. The van der Waals surface area contributed by atoms with Gasteiger partial charge in [-0.05, 0) is 18.6 Å². The number of ether oxygens (including phenoxy) is 1. The largest absolute Gasteiger partial charge is 0.462 e. The van der Waals surface area contributed by atoms with Gasteiger partial charge >= 0.3 is 11.6 Å². The van der Waals surface area contributed by atoms with Crippen LogP contribution in [0.2, 0.25) is 0 Å². The first kappa shape index (κ1) is 19.7. The van der Waals surface area contributed by atoms with Crippen molar-refractivity contribution in [3.8, 4) is 0 Å². The third kappa shape index (κ3) is 2.90. The van der Waals surface area contributed by atoms with Crippen molar-refractivity contribution in [2.45, 2.75) is 13.0 Å². The number of rotatable bonds is 3. The van der Waals surface area contributed by atoms with Gasteiger partial charge in [0.2, 0.25) is 0 Å². The molecule has 2 aliphatic rings. The van der Waals surface area contributed by atoms with Crippen molar-refractivity contribution in [2.75, 3.05) is 6.61 Å². The Morgan fingerprint density at radius 1 is 1.12 bits per heavy atom. The van der Waals surface area contributed by atoms with E-state index in [2.05, 4.69) is 10.4 Å². The number of esters is 1. The van der Waals surface area contributed by atoms with Gasteiger partial charge in [-0.2, -0.15) is 4.99 Å². The lowest BCUT2D eigenvalue weighted by Crippen LogP contribution is -2.41. The molecule has 1 aromatic heterocycles. The van der Waals surface area contributed by atoms with Crippen molar-refractivity contribution in [1.29, 1.82) is 0 Å². The third-order valence-corrected chi connectivity index (χ3v) is 5.36. The molecule has 5 rings (SSSR count). The van der Waals surface area contributed by atoms with Crippen molar-refractivity contribution < 1.29 is 18.7 Å². The lowest BCUT2D eigenvalue weighted by Gasteiger charge is -2.22. The van der Waals surface area contributed by atoms with E-state index in [-0.39, 0.29) is 29.4 Å². The highest BCUT2D eigenvalue weighted by Crippen LogP contribution is 2.35. The lowest BCUT2D eigenvalue weighted by atomic mass is 10.0. The van der Waals surface area contributed by atoms with Crippen LogP contribution in [0.25, 0.3) is 11.0 Å². The minimum atomic E-state index is -0.783. The molecular weight excluding hydrogens is 412 g/mol. The average molecular weight is 430 g/mol. The molecule has 2 aromatic carbocycles. The van der Waals surface area contributed by atoms with Gasteiger partial charge in [0, 0.05) is 5.39 Å². The van der Waals surface area contributed by atoms with Gasteiger partial charge in [-0.15, -0.1) is 0 Å². The number of nitrogens with zero attached hydrogens (tertiary/aromatic N) is 2. The number of amides is 1. The fourth-order valence-corrected chi connectivity index (χ4v) is 3.97. The first-order valence-corrected chi connectivity index (χ1v) is 9.98. The SMILES string of the molecule is CCOC(=O)C1=C(N)N(C2=NC(=O)c3c2c2ccccc2oc3=O)NC1c1ccccc1. The number of benzene rings is 2. The standard InChI is InChI=1S/C23H18N4O5/c1-2-31-22(29)17-18(12-8-4-3-5-9-12)26-27(19(17)24)20-15-13-10-6-7-11-14(13)32-23(30)16(15)21(28)25-20/h3-11,18,26H,2,24H2,1H3. The Kier molecular flexibility index (Phi) is 4.60. The van der Waals surface area contributed by atoms with Crippen LogP contribution in [0, 0.1) is 0 Å². The highest BCUT2D eigenvalue weighted by molar-refractivity contribution is 6.25. The quantitative estimate of drug-likeness (QED) is 0.477. The Hall–Kier alpha value is -4.24. The summed E-state index contributed by atoms with van der Waals surface area (Å²) in [7, 11) is 0. The predicted octanol–water partition coefficient (Wildman–Crippen LogP) is 1.99. The molecule has 9 nitrogen and oxygen atoms in total. The molecule has 3 N–H and O–H groups in total. The van der Waals surface area contributed by atoms with Crippen LogP contribution < -0.4 is 16.8 Å². The highest BCUT2D eigenvalue weighted by atomic mass is 16.5. The highest BCUT2D eigenvalue weighted by Gasteiger charge is 2.42. The molecule has 1 atom stereocenters. The molecule has 1 unspecified atom stereocenters. The van der Waals surface area contributed by atoms with Gasteiger partial charge in [0.1, 0.15) is 22.5 Å². The topological polar surface area (TPSA) is 127 Å². The van der Waals surface area contributed by atoms with Crippen LogP contribution >= 0.6 is 0 Å². The number of fused-ring (bicyclic) bond motifs is 3. The summed E-state index contributed by atoms with van der Waals surface area (Å²) in [5.74, 6) is -1.16. The van der Waals surface area contributed by atoms with Gasteiger partial charge in [0.25, 0.3) is 5.91 Å². The maximum absolute atomic E-state index is 12.8. The van der Waals surface area contributed by atoms with Crippen LogP contribution in [0.15, 0.2) is 80.2 Å². The molecule has 160 valence electrons. The minimum Gasteiger partial charge on any atom is -0.462 e. The normalized spacial score (nSPS) is 17.7. The summed E-state index contributed by atoms with van der Waals surface area (Å²) in [5, 5.41) is 1.89. The number of para-hydroxylation sites is 1. The summed E-state index contributed by atoms with van der Waals surface area (Å²) in [6.45, 7) is 1.87. The van der Waals surface area contributed by atoms with Crippen molar-refractivity contribution >= 4 is 28.7 Å². The maximum Gasteiger partial charge on any atom is 0.350 e. The molecule has 1 amide bonds. The summed E-state index contributed by atoms with van der Waals surface area (Å²) in [4.78, 5) is 42.0. The predicted molar refractivity (Wildman–Crippen MR) is 115 cm³/mol. The zero-order chi connectivity index (χ0) is 22.4. The Bertz CT molecular complexity index is 1390. The average Bonchev–Trinajstić information content (AvgIpc) is 3.32. The second kappa shape index (κ2) is 7.47. The Balaban J connectivity index is 1.69. The molecular formula is C23H18N4O5. The number of nitrogens with one attached hydrogen (secondary N) is 1. The van der Waals surface area contributed by atoms with Gasteiger partial charge < -0.3 is 14.9 Å². The summed E-state index contributed by atoms with van der Waals surface area (Å²) in [6.07, 6.45) is 0. The second-order valence-electron chi connectivity index (χ2n) is 7.20. The molecule has 9 heteroatoms. The van der Waals surface area contributed by atoms with E-state index in [9.17, 15) is 14.4 Å². The zero-order valence-corrected chi connectivity index (χ0v) is 17.0. The van der Waals surface area contributed by atoms with Crippen LogP contribution in [0.1, 0.15) is 34.5 Å². The Labute approximate surface area is 181 Å². The van der Waals surface area contributed by atoms with Crippen LogP contribution in [0.3, 0.4) is 0 Å². The van der Waals surface area contributed by atoms with Gasteiger partial charge in [-0.1, -0.05) is 48.5 Å². The number of hydrazine groups is 1. The number of hydrogen-bond donors (Lipinski definition) is 2. The van der Waals surface area contributed by atoms with Crippen LogP contribution in [0.5, 0.6) is 0 Å². The number of amidine groups is 1. The zero-order valence-electron chi connectivity index (χ0n) is 17.0. The van der Waals surface area contributed by atoms with E-state index in [1.54, 1.807) is 31.2 Å². The fourth-order valence-electron chi connectivity index (χ4n) is 3.97. The Morgan fingerprint density at radius 2 is 1.84 bits per heavy atom. The second-order valence-corrected chi connectivity index (χ2v) is 7.20. The first-order chi connectivity index (χ1) is 15.5. The Morgan fingerprint density at radius 3 is 2.59 bits per heavy atom. The smallest absolute Gasteiger partial charge is 0.350 e. The molecule has 0 radical (unpaired) electrons. The van der Waals surface area contributed by atoms with Gasteiger partial charge in [-0.3, -0.25) is 4.79 Å². The molecule has 32 heavy (non-hydrogen) atoms. The van der Waals surface area contributed by atoms with Crippen LogP contribution in [-0.2, 0) is 9.53 Å². The minimum absolute atomic E-state index is 0.0361. The van der Waals surface area contributed by atoms with E-state index < -0.39 is 23.5 Å². The summed E-state index contributed by atoms with van der Waals surface area (Å²) >= 11 is 0. The van der Waals surface area contributed by atoms with Gasteiger partial charge in [0.15, 0.2) is 5.84 Å². The van der Waals surface area contributed by atoms with E-state index >= 15 is 0 Å². The van der Waals surface area contributed by atoms with E-state index in [0.717, 1.165) is 5.56 Å².